The first kappa shape index (κ1) is 10.3. The van der Waals surface area contributed by atoms with Crippen LogP contribution in [0, 0.1) is 0 Å². The highest BCUT2D eigenvalue weighted by molar-refractivity contribution is 7.13. The van der Waals surface area contributed by atoms with E-state index in [0.717, 1.165) is 12.8 Å². The molecule has 2 heterocycles. The van der Waals surface area contributed by atoms with Crippen LogP contribution in [0.15, 0.2) is 5.51 Å². The first-order valence-electron chi connectivity index (χ1n) is 4.76. The lowest BCUT2D eigenvalue weighted by Gasteiger charge is -2.29. The van der Waals surface area contributed by atoms with Crippen molar-refractivity contribution in [1.82, 2.24) is 15.1 Å². The first-order valence-corrected chi connectivity index (χ1v) is 5.64. The van der Waals surface area contributed by atoms with Crippen molar-refractivity contribution in [1.29, 1.82) is 0 Å². The Labute approximate surface area is 90.9 Å². The summed E-state index contributed by atoms with van der Waals surface area (Å²) in [7, 11) is 0. The average Bonchev–Trinajstić information content (AvgIpc) is 2.70. The summed E-state index contributed by atoms with van der Waals surface area (Å²) in [6.07, 6.45) is 1.20. The van der Waals surface area contributed by atoms with Gasteiger partial charge in [0.25, 0.3) is 0 Å². The molecule has 0 aromatic carbocycles. The van der Waals surface area contributed by atoms with Crippen LogP contribution in [0.2, 0.25) is 0 Å². The Bertz CT molecular complexity index is 329. The molecule has 0 spiro atoms. The lowest BCUT2D eigenvalue weighted by molar-refractivity contribution is 0.0883. The van der Waals surface area contributed by atoms with E-state index in [1.165, 1.54) is 11.3 Å². The van der Waals surface area contributed by atoms with Gasteiger partial charge in [0.1, 0.15) is 5.51 Å². The van der Waals surface area contributed by atoms with Crippen LogP contribution in [0.4, 0.5) is 9.93 Å². The van der Waals surface area contributed by atoms with E-state index >= 15 is 0 Å². The van der Waals surface area contributed by atoms with Crippen molar-refractivity contribution in [3.63, 3.8) is 0 Å². The van der Waals surface area contributed by atoms with Gasteiger partial charge in [-0.2, -0.15) is 0 Å². The number of anilines is 1. The zero-order chi connectivity index (χ0) is 10.7. The largest absolute Gasteiger partial charge is 0.391 e. The van der Waals surface area contributed by atoms with E-state index in [9.17, 15) is 9.90 Å². The third-order valence-electron chi connectivity index (χ3n) is 2.26. The van der Waals surface area contributed by atoms with Crippen molar-refractivity contribution in [3.05, 3.63) is 5.51 Å². The molecule has 1 unspecified atom stereocenters. The standard InChI is InChI=1S/C8H12N4O2S/c13-6-2-1-3-12(4-6)8(14)10-7-11-9-5-15-7/h5-6,13H,1-4H2,(H,10,11,14). The predicted molar refractivity (Wildman–Crippen MR) is 55.7 cm³/mol. The smallest absolute Gasteiger partial charge is 0.323 e. The highest BCUT2D eigenvalue weighted by Gasteiger charge is 2.22. The Morgan fingerprint density at radius 2 is 2.60 bits per heavy atom. The normalized spacial score (nSPS) is 21.4. The van der Waals surface area contributed by atoms with Gasteiger partial charge in [0.15, 0.2) is 0 Å². The Kier molecular flexibility index (Phi) is 3.12. The van der Waals surface area contributed by atoms with Gasteiger partial charge in [0.05, 0.1) is 6.10 Å². The molecule has 1 aromatic heterocycles. The maximum atomic E-state index is 11.7. The molecule has 7 heteroatoms. The lowest BCUT2D eigenvalue weighted by atomic mass is 10.1. The van der Waals surface area contributed by atoms with Gasteiger partial charge in [0.2, 0.25) is 5.13 Å². The van der Waals surface area contributed by atoms with Gasteiger partial charge in [-0.1, -0.05) is 11.3 Å². The number of urea groups is 1. The zero-order valence-corrected chi connectivity index (χ0v) is 8.90. The number of likely N-dealkylation sites (tertiary alicyclic amines) is 1. The second-order valence-corrected chi connectivity index (χ2v) is 4.25. The number of nitrogens with zero attached hydrogens (tertiary/aromatic N) is 3. The van der Waals surface area contributed by atoms with Gasteiger partial charge < -0.3 is 10.0 Å². The van der Waals surface area contributed by atoms with E-state index in [-0.39, 0.29) is 6.03 Å². The molecule has 0 radical (unpaired) electrons. The second kappa shape index (κ2) is 4.54. The molecule has 2 amide bonds. The number of hydrogen-bond acceptors (Lipinski definition) is 5. The number of amides is 2. The SMILES string of the molecule is O=C(Nc1nncs1)N1CCCC(O)C1. The number of aromatic nitrogens is 2. The molecule has 1 atom stereocenters. The molecule has 82 valence electrons. The summed E-state index contributed by atoms with van der Waals surface area (Å²) in [5.74, 6) is 0. The van der Waals surface area contributed by atoms with E-state index in [1.807, 2.05) is 0 Å². The molecule has 1 aromatic rings. The third-order valence-corrected chi connectivity index (χ3v) is 2.86. The predicted octanol–water partition coefficient (Wildman–Crippen LogP) is 0.527. The lowest BCUT2D eigenvalue weighted by Crippen LogP contribution is -2.44. The van der Waals surface area contributed by atoms with E-state index in [1.54, 1.807) is 10.4 Å². The quantitative estimate of drug-likeness (QED) is 0.734. The zero-order valence-electron chi connectivity index (χ0n) is 8.09. The van der Waals surface area contributed by atoms with Crippen molar-refractivity contribution < 1.29 is 9.90 Å². The number of β-amino-alcohol motifs (C(OH)–C–C–N with tert-alkyl or cyclic N) is 1. The van der Waals surface area contributed by atoms with Crippen molar-refractivity contribution in [2.24, 2.45) is 0 Å². The second-order valence-electron chi connectivity index (χ2n) is 3.42. The molecule has 0 bridgehead atoms. The molecule has 1 fully saturated rings. The fourth-order valence-electron chi connectivity index (χ4n) is 1.54. The number of piperidine rings is 1. The van der Waals surface area contributed by atoms with Gasteiger partial charge in [-0.25, -0.2) is 4.79 Å². The van der Waals surface area contributed by atoms with Crippen molar-refractivity contribution in [2.75, 3.05) is 18.4 Å². The number of rotatable bonds is 1. The minimum Gasteiger partial charge on any atom is -0.391 e. The molecule has 1 saturated heterocycles. The Morgan fingerprint density at radius 1 is 1.73 bits per heavy atom. The summed E-state index contributed by atoms with van der Waals surface area (Å²) in [5, 5.41) is 19.9. The molecule has 1 aliphatic heterocycles. The highest BCUT2D eigenvalue weighted by atomic mass is 32.1. The number of carbonyl (C=O) groups excluding carboxylic acids is 1. The fraction of sp³-hybridized carbons (Fsp3) is 0.625. The third kappa shape index (κ3) is 2.63. The fourth-order valence-corrected chi connectivity index (χ4v) is 1.97. The van der Waals surface area contributed by atoms with E-state index in [0.29, 0.717) is 18.2 Å². The topological polar surface area (TPSA) is 78.4 Å². The monoisotopic (exact) mass is 228 g/mol. The Hall–Kier alpha value is -1.21. The maximum absolute atomic E-state index is 11.7. The van der Waals surface area contributed by atoms with Crippen LogP contribution in [0.3, 0.4) is 0 Å². The Balaban J connectivity index is 1.90. The van der Waals surface area contributed by atoms with Gasteiger partial charge >= 0.3 is 6.03 Å². The number of aliphatic hydroxyl groups is 1. The van der Waals surface area contributed by atoms with Crippen LogP contribution in [0.1, 0.15) is 12.8 Å². The Morgan fingerprint density at radius 3 is 3.27 bits per heavy atom. The van der Waals surface area contributed by atoms with E-state index < -0.39 is 6.10 Å². The van der Waals surface area contributed by atoms with Gasteiger partial charge in [0, 0.05) is 13.1 Å². The van der Waals surface area contributed by atoms with Crippen molar-refractivity contribution >= 4 is 22.5 Å². The number of nitrogens with one attached hydrogen (secondary N) is 1. The summed E-state index contributed by atoms with van der Waals surface area (Å²) in [6.45, 7) is 1.08. The summed E-state index contributed by atoms with van der Waals surface area (Å²) in [5.41, 5.74) is 1.56. The molecular formula is C8H12N4O2S. The summed E-state index contributed by atoms with van der Waals surface area (Å²) in [4.78, 5) is 13.2. The summed E-state index contributed by atoms with van der Waals surface area (Å²) in [6, 6.07) is -0.217. The molecule has 0 saturated carbocycles. The number of aliphatic hydroxyl groups excluding tert-OH is 1. The molecular weight excluding hydrogens is 216 g/mol. The van der Waals surface area contributed by atoms with Crippen LogP contribution in [0.5, 0.6) is 0 Å². The van der Waals surface area contributed by atoms with Crippen LogP contribution >= 0.6 is 11.3 Å². The van der Waals surface area contributed by atoms with E-state index in [2.05, 4.69) is 15.5 Å². The van der Waals surface area contributed by atoms with Crippen LogP contribution in [-0.4, -0.2) is 45.4 Å². The maximum Gasteiger partial charge on any atom is 0.323 e. The summed E-state index contributed by atoms with van der Waals surface area (Å²) < 4.78 is 0. The van der Waals surface area contributed by atoms with Crippen LogP contribution in [-0.2, 0) is 0 Å². The minimum atomic E-state index is -0.404. The first-order chi connectivity index (χ1) is 7.25. The van der Waals surface area contributed by atoms with Gasteiger partial charge in [-0.05, 0) is 12.8 Å². The number of hydrogen-bond donors (Lipinski definition) is 2. The van der Waals surface area contributed by atoms with Crippen LogP contribution in [0.25, 0.3) is 0 Å². The van der Waals surface area contributed by atoms with Crippen LogP contribution < -0.4 is 5.32 Å². The summed E-state index contributed by atoms with van der Waals surface area (Å²) >= 11 is 1.27. The van der Waals surface area contributed by atoms with Gasteiger partial charge in [-0.15, -0.1) is 10.2 Å². The number of carbonyl (C=O) groups is 1. The molecule has 2 rings (SSSR count). The van der Waals surface area contributed by atoms with Crippen molar-refractivity contribution in [3.8, 4) is 0 Å². The highest BCUT2D eigenvalue weighted by Crippen LogP contribution is 2.13. The van der Waals surface area contributed by atoms with Gasteiger partial charge in [-0.3, -0.25) is 5.32 Å². The van der Waals surface area contributed by atoms with E-state index in [4.69, 9.17) is 0 Å². The van der Waals surface area contributed by atoms with Crippen molar-refractivity contribution in [2.45, 2.75) is 18.9 Å². The molecule has 6 nitrogen and oxygen atoms in total. The minimum absolute atomic E-state index is 0.217. The molecule has 1 aliphatic rings. The molecule has 0 aliphatic carbocycles. The average molecular weight is 228 g/mol. The molecule has 2 N–H and O–H groups in total. The molecule has 15 heavy (non-hydrogen) atoms.